The molecule has 0 aliphatic rings. The molecule has 0 saturated heterocycles. The summed E-state index contributed by atoms with van der Waals surface area (Å²) in [7, 11) is 0. The Bertz CT molecular complexity index is 419. The van der Waals surface area contributed by atoms with Crippen LogP contribution in [-0.4, -0.2) is 27.1 Å². The van der Waals surface area contributed by atoms with Crippen LogP contribution in [0.25, 0.3) is 0 Å². The monoisotopic (exact) mass is 337 g/mol. The number of nitrogens with zero attached hydrogens (tertiary/aromatic N) is 1. The van der Waals surface area contributed by atoms with Crippen molar-refractivity contribution in [2.24, 2.45) is 0 Å². The highest BCUT2D eigenvalue weighted by atomic mass is 79.9. The van der Waals surface area contributed by atoms with E-state index < -0.39 is 17.6 Å². The Labute approximate surface area is 101 Å². The summed E-state index contributed by atoms with van der Waals surface area (Å²) in [6.45, 7) is 0. The first kappa shape index (κ1) is 12.1. The van der Waals surface area contributed by atoms with Crippen LogP contribution < -0.4 is 0 Å². The molecule has 0 radical (unpaired) electrons. The first-order valence-corrected chi connectivity index (χ1v) is 5.51. The fraction of sp³-hybridized carbons (Fsp3) is 0.125. The molecular formula is C8H5Br2NO4. The van der Waals surface area contributed by atoms with Crippen LogP contribution >= 0.6 is 31.9 Å². The van der Waals surface area contributed by atoms with Gasteiger partial charge in [0.15, 0.2) is 5.69 Å². The fourth-order valence-corrected chi connectivity index (χ4v) is 1.43. The van der Waals surface area contributed by atoms with Crippen molar-refractivity contribution < 1.29 is 19.8 Å². The molecule has 0 amide bonds. The predicted octanol–water partition coefficient (Wildman–Crippen LogP) is 2.27. The van der Waals surface area contributed by atoms with Gasteiger partial charge in [-0.2, -0.15) is 0 Å². The Morgan fingerprint density at radius 2 is 1.87 bits per heavy atom. The van der Waals surface area contributed by atoms with E-state index >= 15 is 0 Å². The summed E-state index contributed by atoms with van der Waals surface area (Å²) in [6.07, 6.45) is 1.30. The number of hydrogen-bond donors (Lipinski definition) is 2. The quantitative estimate of drug-likeness (QED) is 0.825. The molecule has 1 rings (SSSR count). The van der Waals surface area contributed by atoms with Gasteiger partial charge in [0.05, 0.1) is 9.30 Å². The van der Waals surface area contributed by atoms with E-state index in [0.717, 1.165) is 0 Å². The summed E-state index contributed by atoms with van der Waals surface area (Å²) in [4.78, 5) is 25.0. The molecule has 7 heteroatoms. The van der Waals surface area contributed by atoms with Gasteiger partial charge < -0.3 is 10.2 Å². The third kappa shape index (κ3) is 2.75. The number of rotatable bonds is 3. The van der Waals surface area contributed by atoms with Crippen LogP contribution in [0.3, 0.4) is 0 Å². The number of hydrogen-bond acceptors (Lipinski definition) is 3. The van der Waals surface area contributed by atoms with Crippen LogP contribution in [-0.2, 0) is 0 Å². The van der Waals surface area contributed by atoms with Crippen molar-refractivity contribution in [1.29, 1.82) is 0 Å². The maximum atomic E-state index is 10.8. The highest BCUT2D eigenvalue weighted by molar-refractivity contribution is 9.24. The second-order valence-electron chi connectivity index (χ2n) is 2.58. The third-order valence-electron chi connectivity index (χ3n) is 1.59. The molecule has 0 saturated carbocycles. The lowest BCUT2D eigenvalue weighted by molar-refractivity contribution is 0.0646. The molecular weight excluding hydrogens is 334 g/mol. The normalized spacial score (nSPS) is 10.3. The van der Waals surface area contributed by atoms with E-state index in [-0.39, 0.29) is 9.30 Å². The van der Waals surface area contributed by atoms with Gasteiger partial charge in [-0.15, -0.1) is 0 Å². The van der Waals surface area contributed by atoms with Gasteiger partial charge in [-0.3, -0.25) is 0 Å². The van der Waals surface area contributed by atoms with E-state index in [1.54, 1.807) is 0 Å². The van der Waals surface area contributed by atoms with Crippen molar-refractivity contribution in [3.05, 3.63) is 29.1 Å². The molecule has 15 heavy (non-hydrogen) atoms. The number of carboxylic acids is 2. The number of pyridine rings is 1. The van der Waals surface area contributed by atoms with Gasteiger partial charge in [0.1, 0.15) is 0 Å². The van der Waals surface area contributed by atoms with Crippen molar-refractivity contribution in [3.8, 4) is 0 Å². The molecule has 0 aliphatic carbocycles. The van der Waals surface area contributed by atoms with E-state index in [9.17, 15) is 9.59 Å². The molecule has 0 fully saturated rings. The van der Waals surface area contributed by atoms with Crippen molar-refractivity contribution in [2.45, 2.75) is 3.74 Å². The first-order valence-electron chi connectivity index (χ1n) is 3.68. The molecule has 1 heterocycles. The van der Waals surface area contributed by atoms with Crippen LogP contribution in [0.1, 0.15) is 30.1 Å². The van der Waals surface area contributed by atoms with Crippen LogP contribution in [0.2, 0.25) is 0 Å². The first-order chi connectivity index (χ1) is 6.93. The molecule has 0 spiro atoms. The average molecular weight is 339 g/mol. The highest BCUT2D eigenvalue weighted by Crippen LogP contribution is 2.29. The molecule has 80 valence electrons. The lowest BCUT2D eigenvalue weighted by Crippen LogP contribution is -2.11. The number of aromatic nitrogens is 1. The Kier molecular flexibility index (Phi) is 3.81. The van der Waals surface area contributed by atoms with Gasteiger partial charge in [0, 0.05) is 6.20 Å². The molecule has 0 aromatic carbocycles. The number of carbonyl (C=O) groups is 2. The Balaban J connectivity index is 3.33. The molecule has 5 nitrogen and oxygen atoms in total. The molecule has 0 aliphatic heterocycles. The minimum Gasteiger partial charge on any atom is -0.478 e. The van der Waals surface area contributed by atoms with Gasteiger partial charge in [0.2, 0.25) is 0 Å². The molecule has 0 bridgehead atoms. The summed E-state index contributed by atoms with van der Waals surface area (Å²) in [6, 6.07) is 1.26. The van der Waals surface area contributed by atoms with E-state index in [4.69, 9.17) is 10.2 Å². The van der Waals surface area contributed by atoms with Crippen LogP contribution in [0.15, 0.2) is 12.3 Å². The summed E-state index contributed by atoms with van der Waals surface area (Å²) < 4.78 is -0.265. The standard InChI is InChI=1S/C8H5Br2NO4/c9-6(10)3-1-4(7(12)13)5(8(14)15)11-2-3/h1-2,6H,(H,12,13)(H,14,15). The summed E-state index contributed by atoms with van der Waals surface area (Å²) in [5, 5.41) is 17.5. The van der Waals surface area contributed by atoms with E-state index in [0.29, 0.717) is 5.56 Å². The van der Waals surface area contributed by atoms with Gasteiger partial charge in [0.25, 0.3) is 0 Å². The summed E-state index contributed by atoms with van der Waals surface area (Å²) in [5.41, 5.74) is -0.256. The molecule has 1 aromatic rings. The maximum Gasteiger partial charge on any atom is 0.355 e. The van der Waals surface area contributed by atoms with Crippen molar-refractivity contribution in [2.75, 3.05) is 0 Å². The summed E-state index contributed by atoms with van der Waals surface area (Å²) >= 11 is 6.33. The second kappa shape index (κ2) is 4.71. The zero-order valence-electron chi connectivity index (χ0n) is 7.15. The van der Waals surface area contributed by atoms with Crippen molar-refractivity contribution >= 4 is 43.8 Å². The molecule has 0 unspecified atom stereocenters. The number of halogens is 2. The number of alkyl halides is 2. The minimum absolute atomic E-state index is 0.265. The largest absolute Gasteiger partial charge is 0.478 e. The lowest BCUT2D eigenvalue weighted by atomic mass is 10.1. The second-order valence-corrected chi connectivity index (χ2v) is 5.64. The van der Waals surface area contributed by atoms with Gasteiger partial charge in [-0.1, -0.05) is 31.9 Å². The van der Waals surface area contributed by atoms with Gasteiger partial charge in [-0.05, 0) is 11.6 Å². The number of aromatic carboxylic acids is 2. The summed E-state index contributed by atoms with van der Waals surface area (Å²) in [5.74, 6) is -2.68. The van der Waals surface area contributed by atoms with Crippen molar-refractivity contribution in [1.82, 2.24) is 4.98 Å². The average Bonchev–Trinajstić information content (AvgIpc) is 2.16. The Morgan fingerprint density at radius 3 is 2.27 bits per heavy atom. The lowest BCUT2D eigenvalue weighted by Gasteiger charge is -2.05. The van der Waals surface area contributed by atoms with Gasteiger partial charge >= 0.3 is 11.9 Å². The molecule has 2 N–H and O–H groups in total. The fourth-order valence-electron chi connectivity index (χ4n) is 0.934. The Hall–Kier alpha value is -0.950. The zero-order valence-corrected chi connectivity index (χ0v) is 10.3. The topological polar surface area (TPSA) is 87.5 Å². The Morgan fingerprint density at radius 1 is 1.27 bits per heavy atom. The smallest absolute Gasteiger partial charge is 0.355 e. The molecule has 0 atom stereocenters. The van der Waals surface area contributed by atoms with Crippen LogP contribution in [0.4, 0.5) is 0 Å². The van der Waals surface area contributed by atoms with Gasteiger partial charge in [-0.25, -0.2) is 14.6 Å². The van der Waals surface area contributed by atoms with E-state index in [2.05, 4.69) is 36.8 Å². The third-order valence-corrected chi connectivity index (χ3v) is 2.65. The van der Waals surface area contributed by atoms with E-state index in [1.165, 1.54) is 12.3 Å². The van der Waals surface area contributed by atoms with Crippen LogP contribution in [0, 0.1) is 0 Å². The highest BCUT2D eigenvalue weighted by Gasteiger charge is 2.19. The minimum atomic E-state index is -1.36. The van der Waals surface area contributed by atoms with Crippen LogP contribution in [0.5, 0.6) is 0 Å². The predicted molar refractivity (Wildman–Crippen MR) is 58.8 cm³/mol. The van der Waals surface area contributed by atoms with E-state index in [1.807, 2.05) is 0 Å². The maximum absolute atomic E-state index is 10.8. The molecule has 1 aromatic heterocycles. The SMILES string of the molecule is O=C(O)c1cc(C(Br)Br)cnc1C(=O)O. The van der Waals surface area contributed by atoms with Crippen molar-refractivity contribution in [3.63, 3.8) is 0 Å². The number of carboxylic acid groups (broad SMARTS) is 2. The zero-order chi connectivity index (χ0) is 11.6.